The van der Waals surface area contributed by atoms with E-state index in [-0.39, 0.29) is 16.6 Å². The molecule has 0 bridgehead atoms. The van der Waals surface area contributed by atoms with E-state index in [1.54, 1.807) is 30.3 Å². The first-order chi connectivity index (χ1) is 11.4. The van der Waals surface area contributed by atoms with Crippen molar-refractivity contribution in [2.24, 2.45) is 0 Å². The van der Waals surface area contributed by atoms with Crippen LogP contribution in [0.4, 0.5) is 11.4 Å². The van der Waals surface area contributed by atoms with Crippen LogP contribution in [0.1, 0.15) is 6.92 Å². The Morgan fingerprint density at radius 1 is 0.958 bits per heavy atom. The van der Waals surface area contributed by atoms with Crippen molar-refractivity contribution in [3.8, 4) is 11.5 Å². The van der Waals surface area contributed by atoms with Crippen LogP contribution in [-0.4, -0.2) is 28.5 Å². The van der Waals surface area contributed by atoms with Crippen molar-refractivity contribution in [1.82, 2.24) is 0 Å². The molecule has 2 N–H and O–H groups in total. The molecule has 0 saturated carbocycles. The summed E-state index contributed by atoms with van der Waals surface area (Å²) in [7, 11) is -1.02. The summed E-state index contributed by atoms with van der Waals surface area (Å²) in [5.41, 5.74) is 0.929. The molecular formula is C16H18N2O5S. The standard InChI is InChI=1S/C16H18N2O5S/c1-11(19)17-12-4-6-13(7-5-12)18-24(20,21)16-10-14(22-2)8-9-15(16)23-3/h4-10,18H,1-3H3,(H,17,19). The highest BCUT2D eigenvalue weighted by Gasteiger charge is 2.20. The van der Waals surface area contributed by atoms with Crippen LogP contribution in [0.3, 0.4) is 0 Å². The molecule has 0 saturated heterocycles. The average Bonchev–Trinajstić information content (AvgIpc) is 2.55. The number of nitrogens with one attached hydrogen (secondary N) is 2. The lowest BCUT2D eigenvalue weighted by Gasteiger charge is -2.13. The molecule has 0 aliphatic rings. The molecule has 2 rings (SSSR count). The molecule has 0 aliphatic heterocycles. The van der Waals surface area contributed by atoms with E-state index >= 15 is 0 Å². The van der Waals surface area contributed by atoms with Crippen LogP contribution in [0.25, 0.3) is 0 Å². The Bertz CT molecular complexity index is 832. The molecule has 1 amide bonds. The van der Waals surface area contributed by atoms with E-state index in [0.717, 1.165) is 0 Å². The van der Waals surface area contributed by atoms with Gasteiger partial charge in [-0.15, -0.1) is 0 Å². The molecule has 8 heteroatoms. The van der Waals surface area contributed by atoms with Crippen LogP contribution < -0.4 is 19.5 Å². The fourth-order valence-corrected chi connectivity index (χ4v) is 3.27. The molecule has 0 radical (unpaired) electrons. The molecule has 0 atom stereocenters. The predicted octanol–water partition coefficient (Wildman–Crippen LogP) is 2.46. The van der Waals surface area contributed by atoms with Crippen molar-refractivity contribution in [3.05, 3.63) is 42.5 Å². The number of amides is 1. The maximum atomic E-state index is 12.6. The van der Waals surface area contributed by atoms with Gasteiger partial charge in [0.05, 0.1) is 14.2 Å². The fourth-order valence-electron chi connectivity index (χ4n) is 2.03. The number of hydrogen-bond donors (Lipinski definition) is 2. The predicted molar refractivity (Wildman–Crippen MR) is 91.1 cm³/mol. The highest BCUT2D eigenvalue weighted by Crippen LogP contribution is 2.29. The Kier molecular flexibility index (Phi) is 5.30. The van der Waals surface area contributed by atoms with Gasteiger partial charge in [0.2, 0.25) is 5.91 Å². The quantitative estimate of drug-likeness (QED) is 0.835. The SMILES string of the molecule is COc1ccc(OC)c(S(=O)(=O)Nc2ccc(NC(C)=O)cc2)c1. The lowest BCUT2D eigenvalue weighted by Crippen LogP contribution is -2.14. The van der Waals surface area contributed by atoms with Gasteiger partial charge in [-0.2, -0.15) is 0 Å². The summed E-state index contributed by atoms with van der Waals surface area (Å²) >= 11 is 0. The molecule has 2 aromatic rings. The average molecular weight is 350 g/mol. The van der Waals surface area contributed by atoms with Crippen LogP contribution in [0, 0.1) is 0 Å². The minimum absolute atomic E-state index is 0.0321. The molecule has 0 heterocycles. The van der Waals surface area contributed by atoms with Crippen LogP contribution in [0.2, 0.25) is 0 Å². The molecule has 24 heavy (non-hydrogen) atoms. The molecule has 0 unspecified atom stereocenters. The Labute approximate surface area is 140 Å². The monoisotopic (exact) mass is 350 g/mol. The van der Waals surface area contributed by atoms with Gasteiger partial charge in [0.1, 0.15) is 16.4 Å². The van der Waals surface area contributed by atoms with E-state index in [0.29, 0.717) is 17.1 Å². The molecule has 0 fully saturated rings. The van der Waals surface area contributed by atoms with E-state index in [4.69, 9.17) is 9.47 Å². The Hall–Kier alpha value is -2.74. The van der Waals surface area contributed by atoms with Crippen LogP contribution >= 0.6 is 0 Å². The highest BCUT2D eigenvalue weighted by atomic mass is 32.2. The van der Waals surface area contributed by atoms with Crippen LogP contribution in [0.15, 0.2) is 47.4 Å². The zero-order valence-electron chi connectivity index (χ0n) is 13.5. The van der Waals surface area contributed by atoms with Gasteiger partial charge in [-0.05, 0) is 36.4 Å². The Balaban J connectivity index is 2.29. The van der Waals surface area contributed by atoms with Crippen LogP contribution in [0.5, 0.6) is 11.5 Å². The van der Waals surface area contributed by atoms with Gasteiger partial charge in [-0.1, -0.05) is 0 Å². The topological polar surface area (TPSA) is 93.7 Å². The second-order valence-corrected chi connectivity index (χ2v) is 6.53. The Morgan fingerprint density at radius 2 is 1.58 bits per heavy atom. The number of methoxy groups -OCH3 is 2. The second kappa shape index (κ2) is 7.22. The highest BCUT2D eigenvalue weighted by molar-refractivity contribution is 7.92. The van der Waals surface area contributed by atoms with E-state index in [1.807, 2.05) is 0 Å². The molecule has 0 aromatic heterocycles. The van der Waals surface area contributed by atoms with Crippen molar-refractivity contribution >= 4 is 27.3 Å². The van der Waals surface area contributed by atoms with Gasteiger partial charge in [0.25, 0.3) is 10.0 Å². The maximum Gasteiger partial charge on any atom is 0.265 e. The van der Waals surface area contributed by atoms with Gasteiger partial charge in [-0.25, -0.2) is 8.42 Å². The first-order valence-corrected chi connectivity index (χ1v) is 8.46. The second-order valence-electron chi connectivity index (χ2n) is 4.88. The van der Waals surface area contributed by atoms with Gasteiger partial charge in [-0.3, -0.25) is 9.52 Å². The summed E-state index contributed by atoms with van der Waals surface area (Å²) in [6.07, 6.45) is 0. The molecule has 0 aliphatic carbocycles. The van der Waals surface area contributed by atoms with Crippen molar-refractivity contribution in [2.45, 2.75) is 11.8 Å². The number of hydrogen-bond acceptors (Lipinski definition) is 5. The Morgan fingerprint density at radius 3 is 2.12 bits per heavy atom. The third kappa shape index (κ3) is 4.17. The van der Waals surface area contributed by atoms with E-state index in [9.17, 15) is 13.2 Å². The molecule has 7 nitrogen and oxygen atoms in total. The molecule has 0 spiro atoms. The van der Waals surface area contributed by atoms with Crippen LogP contribution in [-0.2, 0) is 14.8 Å². The molecule has 2 aromatic carbocycles. The normalized spacial score (nSPS) is 10.8. The number of ether oxygens (including phenoxy) is 2. The number of sulfonamides is 1. The summed E-state index contributed by atoms with van der Waals surface area (Å²) in [5, 5.41) is 2.61. The number of benzene rings is 2. The van der Waals surface area contributed by atoms with E-state index < -0.39 is 10.0 Å². The van der Waals surface area contributed by atoms with E-state index in [1.165, 1.54) is 33.3 Å². The minimum Gasteiger partial charge on any atom is -0.497 e. The summed E-state index contributed by atoms with van der Waals surface area (Å²) in [6, 6.07) is 10.8. The zero-order chi connectivity index (χ0) is 17.7. The third-order valence-corrected chi connectivity index (χ3v) is 4.52. The fraction of sp³-hybridized carbons (Fsp3) is 0.188. The number of rotatable bonds is 6. The summed E-state index contributed by atoms with van der Waals surface area (Å²) in [5.74, 6) is 0.403. The zero-order valence-corrected chi connectivity index (χ0v) is 14.3. The van der Waals surface area contributed by atoms with E-state index in [2.05, 4.69) is 10.0 Å². The van der Waals surface area contributed by atoms with Crippen molar-refractivity contribution in [2.75, 3.05) is 24.3 Å². The maximum absolute atomic E-state index is 12.6. The first kappa shape index (κ1) is 17.6. The van der Waals surface area contributed by atoms with Crippen molar-refractivity contribution in [1.29, 1.82) is 0 Å². The lowest BCUT2D eigenvalue weighted by molar-refractivity contribution is -0.114. The van der Waals surface area contributed by atoms with Gasteiger partial charge < -0.3 is 14.8 Å². The van der Waals surface area contributed by atoms with Crippen molar-refractivity contribution in [3.63, 3.8) is 0 Å². The number of carbonyl (C=O) groups excluding carboxylic acids is 1. The summed E-state index contributed by atoms with van der Waals surface area (Å²) < 4.78 is 37.8. The minimum atomic E-state index is -3.87. The van der Waals surface area contributed by atoms with Gasteiger partial charge in [0.15, 0.2) is 0 Å². The largest absolute Gasteiger partial charge is 0.497 e. The third-order valence-electron chi connectivity index (χ3n) is 3.12. The summed E-state index contributed by atoms with van der Waals surface area (Å²) in [6.45, 7) is 1.39. The number of carbonyl (C=O) groups is 1. The lowest BCUT2D eigenvalue weighted by atomic mass is 10.3. The molecular weight excluding hydrogens is 332 g/mol. The van der Waals surface area contributed by atoms with Gasteiger partial charge >= 0.3 is 0 Å². The first-order valence-electron chi connectivity index (χ1n) is 6.98. The number of anilines is 2. The van der Waals surface area contributed by atoms with Gasteiger partial charge in [0, 0.05) is 24.4 Å². The summed E-state index contributed by atoms with van der Waals surface area (Å²) in [4.78, 5) is 11.0. The smallest absolute Gasteiger partial charge is 0.265 e. The molecule has 128 valence electrons. The van der Waals surface area contributed by atoms with Crippen molar-refractivity contribution < 1.29 is 22.7 Å².